The molecule has 0 saturated heterocycles. The molecule has 5 heteroatoms. The monoisotopic (exact) mass is 303 g/mol. The van der Waals surface area contributed by atoms with E-state index in [0.29, 0.717) is 0 Å². The van der Waals surface area contributed by atoms with Crippen LogP contribution in [0.1, 0.15) is 18.7 Å². The number of aromatic nitrogens is 1. The summed E-state index contributed by atoms with van der Waals surface area (Å²) in [6.45, 7) is 5.36. The molecule has 0 aliphatic heterocycles. The minimum absolute atomic E-state index is 0.102. The van der Waals surface area contributed by atoms with Gasteiger partial charge in [-0.3, -0.25) is 0 Å². The molecule has 0 aliphatic carbocycles. The van der Waals surface area contributed by atoms with Crippen molar-refractivity contribution in [2.75, 3.05) is 17.6 Å². The first-order valence-electron chi connectivity index (χ1n) is 6.48. The molecule has 0 atom stereocenters. The summed E-state index contributed by atoms with van der Waals surface area (Å²) >= 11 is 3.45. The SMILES string of the molecule is CC(C)(CNc1nc2ccc(N)cc2s1)c1cccs1. The molecule has 3 aromatic rings. The molecule has 3 nitrogen and oxygen atoms in total. The Morgan fingerprint density at radius 3 is 2.90 bits per heavy atom. The lowest BCUT2D eigenvalue weighted by molar-refractivity contribution is 0.569. The first-order chi connectivity index (χ1) is 9.54. The van der Waals surface area contributed by atoms with Gasteiger partial charge in [-0.1, -0.05) is 31.3 Å². The molecule has 0 unspecified atom stereocenters. The van der Waals surface area contributed by atoms with Crippen LogP contribution >= 0.6 is 22.7 Å². The van der Waals surface area contributed by atoms with Crippen molar-refractivity contribution in [1.29, 1.82) is 0 Å². The van der Waals surface area contributed by atoms with Gasteiger partial charge in [-0.2, -0.15) is 0 Å². The zero-order valence-corrected chi connectivity index (χ0v) is 13.1. The predicted octanol–water partition coefficient (Wildman–Crippen LogP) is 4.33. The fraction of sp³-hybridized carbons (Fsp3) is 0.267. The second kappa shape index (κ2) is 5.07. The molecule has 0 spiro atoms. The van der Waals surface area contributed by atoms with E-state index < -0.39 is 0 Å². The number of nitrogen functional groups attached to an aromatic ring is 1. The standard InChI is InChI=1S/C15H17N3S2/c1-15(2,13-4-3-7-19-13)9-17-14-18-11-6-5-10(16)8-12(11)20-14/h3-8H,9,16H2,1-2H3,(H,17,18). The first kappa shape index (κ1) is 13.4. The highest BCUT2D eigenvalue weighted by molar-refractivity contribution is 7.22. The highest BCUT2D eigenvalue weighted by atomic mass is 32.1. The summed E-state index contributed by atoms with van der Waals surface area (Å²) in [6.07, 6.45) is 0. The van der Waals surface area contributed by atoms with Gasteiger partial charge in [-0.25, -0.2) is 4.98 Å². The number of fused-ring (bicyclic) bond motifs is 1. The van der Waals surface area contributed by atoms with Crippen LogP contribution < -0.4 is 11.1 Å². The van der Waals surface area contributed by atoms with Crippen LogP contribution in [0.25, 0.3) is 10.2 Å². The van der Waals surface area contributed by atoms with Crippen LogP contribution in [0.3, 0.4) is 0 Å². The molecule has 2 heterocycles. The lowest BCUT2D eigenvalue weighted by Gasteiger charge is -2.23. The number of nitrogens with zero attached hydrogens (tertiary/aromatic N) is 1. The molecule has 0 bridgehead atoms. The summed E-state index contributed by atoms with van der Waals surface area (Å²) in [4.78, 5) is 5.98. The van der Waals surface area contributed by atoms with Gasteiger partial charge in [0.05, 0.1) is 10.2 Å². The summed E-state index contributed by atoms with van der Waals surface area (Å²) in [5.74, 6) is 0. The van der Waals surface area contributed by atoms with E-state index in [1.807, 2.05) is 18.2 Å². The topological polar surface area (TPSA) is 50.9 Å². The Morgan fingerprint density at radius 1 is 1.30 bits per heavy atom. The van der Waals surface area contributed by atoms with Crippen molar-refractivity contribution in [2.24, 2.45) is 0 Å². The van der Waals surface area contributed by atoms with Crippen LogP contribution in [0.2, 0.25) is 0 Å². The van der Waals surface area contributed by atoms with Crippen molar-refractivity contribution in [1.82, 2.24) is 4.98 Å². The molecular formula is C15H17N3S2. The highest BCUT2D eigenvalue weighted by Gasteiger charge is 2.21. The van der Waals surface area contributed by atoms with E-state index >= 15 is 0 Å². The average molecular weight is 303 g/mol. The van der Waals surface area contributed by atoms with Gasteiger partial charge in [0, 0.05) is 22.5 Å². The van der Waals surface area contributed by atoms with E-state index in [2.05, 4.69) is 41.7 Å². The molecule has 104 valence electrons. The molecule has 3 rings (SSSR count). The molecule has 20 heavy (non-hydrogen) atoms. The smallest absolute Gasteiger partial charge is 0.183 e. The maximum atomic E-state index is 5.80. The van der Waals surface area contributed by atoms with Gasteiger partial charge in [0.1, 0.15) is 0 Å². The zero-order chi connectivity index (χ0) is 14.2. The highest BCUT2D eigenvalue weighted by Crippen LogP contribution is 2.31. The van der Waals surface area contributed by atoms with Gasteiger partial charge in [-0.15, -0.1) is 11.3 Å². The molecule has 0 amide bonds. The Hall–Kier alpha value is -1.59. The zero-order valence-electron chi connectivity index (χ0n) is 11.5. The van der Waals surface area contributed by atoms with E-state index in [4.69, 9.17) is 5.73 Å². The maximum absolute atomic E-state index is 5.80. The third-order valence-corrected chi connectivity index (χ3v) is 5.49. The normalized spacial score (nSPS) is 11.9. The molecule has 0 radical (unpaired) electrons. The van der Waals surface area contributed by atoms with Crippen LogP contribution in [0.5, 0.6) is 0 Å². The van der Waals surface area contributed by atoms with Gasteiger partial charge in [-0.05, 0) is 29.6 Å². The summed E-state index contributed by atoms with van der Waals surface area (Å²) in [6, 6.07) is 10.1. The number of hydrogen-bond acceptors (Lipinski definition) is 5. The Morgan fingerprint density at radius 2 is 2.15 bits per heavy atom. The van der Waals surface area contributed by atoms with Crippen molar-refractivity contribution in [3.8, 4) is 0 Å². The van der Waals surface area contributed by atoms with Gasteiger partial charge >= 0.3 is 0 Å². The summed E-state index contributed by atoms with van der Waals surface area (Å²) in [7, 11) is 0. The summed E-state index contributed by atoms with van der Waals surface area (Å²) in [5, 5.41) is 6.53. The van der Waals surface area contributed by atoms with Crippen molar-refractivity contribution < 1.29 is 0 Å². The van der Waals surface area contributed by atoms with Gasteiger partial charge in [0.2, 0.25) is 0 Å². The number of rotatable bonds is 4. The largest absolute Gasteiger partial charge is 0.399 e. The van der Waals surface area contributed by atoms with Crippen LogP contribution in [-0.2, 0) is 5.41 Å². The van der Waals surface area contributed by atoms with Gasteiger partial charge in [0.25, 0.3) is 0 Å². The van der Waals surface area contributed by atoms with Crippen molar-refractivity contribution in [3.63, 3.8) is 0 Å². The fourth-order valence-corrected chi connectivity index (χ4v) is 3.83. The van der Waals surface area contributed by atoms with Crippen LogP contribution in [0.15, 0.2) is 35.7 Å². The van der Waals surface area contributed by atoms with Crippen LogP contribution in [0, 0.1) is 0 Å². The third kappa shape index (κ3) is 2.64. The van der Waals surface area contributed by atoms with Gasteiger partial charge < -0.3 is 11.1 Å². The van der Waals surface area contributed by atoms with Crippen LogP contribution in [-0.4, -0.2) is 11.5 Å². The maximum Gasteiger partial charge on any atom is 0.183 e. The first-order valence-corrected chi connectivity index (χ1v) is 8.18. The lowest BCUT2D eigenvalue weighted by Crippen LogP contribution is -2.26. The summed E-state index contributed by atoms with van der Waals surface area (Å²) in [5.41, 5.74) is 7.69. The quantitative estimate of drug-likeness (QED) is 0.705. The van der Waals surface area contributed by atoms with Crippen LogP contribution in [0.4, 0.5) is 10.8 Å². The number of benzene rings is 1. The van der Waals surface area contributed by atoms with Crippen molar-refractivity contribution in [2.45, 2.75) is 19.3 Å². The lowest BCUT2D eigenvalue weighted by atomic mass is 9.91. The van der Waals surface area contributed by atoms with Crippen molar-refractivity contribution >= 4 is 43.7 Å². The fourth-order valence-electron chi connectivity index (χ4n) is 2.06. The predicted molar refractivity (Wildman–Crippen MR) is 89.9 cm³/mol. The van der Waals surface area contributed by atoms with E-state index in [1.54, 1.807) is 22.7 Å². The van der Waals surface area contributed by atoms with E-state index in [9.17, 15) is 0 Å². The molecule has 0 saturated carbocycles. The Labute approximate surface area is 126 Å². The average Bonchev–Trinajstić information content (AvgIpc) is 3.05. The van der Waals surface area contributed by atoms with E-state index in [0.717, 1.165) is 27.6 Å². The number of thiazole rings is 1. The van der Waals surface area contributed by atoms with E-state index in [-0.39, 0.29) is 5.41 Å². The minimum Gasteiger partial charge on any atom is -0.399 e. The van der Waals surface area contributed by atoms with Gasteiger partial charge in [0.15, 0.2) is 5.13 Å². The second-order valence-corrected chi connectivity index (χ2v) is 7.44. The molecular weight excluding hydrogens is 286 g/mol. The Kier molecular flexibility index (Phi) is 3.40. The number of thiophene rings is 1. The Balaban J connectivity index is 1.77. The molecule has 0 fully saturated rings. The Bertz CT molecular complexity index is 714. The minimum atomic E-state index is 0.102. The second-order valence-electron chi connectivity index (χ2n) is 5.46. The number of nitrogens with two attached hydrogens (primary N) is 1. The number of hydrogen-bond donors (Lipinski definition) is 2. The van der Waals surface area contributed by atoms with E-state index in [1.165, 1.54) is 4.88 Å². The number of anilines is 2. The summed E-state index contributed by atoms with van der Waals surface area (Å²) < 4.78 is 1.13. The molecule has 3 N–H and O–H groups in total. The molecule has 1 aromatic carbocycles. The van der Waals surface area contributed by atoms with Crippen molar-refractivity contribution in [3.05, 3.63) is 40.6 Å². The molecule has 2 aromatic heterocycles. The number of nitrogens with one attached hydrogen (secondary N) is 1. The molecule has 0 aliphatic rings. The third-order valence-electron chi connectivity index (χ3n) is 3.28.